The van der Waals surface area contributed by atoms with E-state index in [9.17, 15) is 14.4 Å². The van der Waals surface area contributed by atoms with Crippen molar-refractivity contribution in [3.8, 4) is 0 Å². The second-order valence-electron chi connectivity index (χ2n) is 3.84. The average Bonchev–Trinajstić information content (AvgIpc) is 2.83. The summed E-state index contributed by atoms with van der Waals surface area (Å²) in [6.07, 6.45) is 1.40. The molecule has 17 heavy (non-hydrogen) atoms. The highest BCUT2D eigenvalue weighted by atomic mass is 16.2. The summed E-state index contributed by atoms with van der Waals surface area (Å²) in [4.78, 5) is 35.7. The monoisotopic (exact) mass is 242 g/mol. The summed E-state index contributed by atoms with van der Waals surface area (Å²) in [5.41, 5.74) is 5.27. The molecule has 96 valence electrons. The Morgan fingerprint density at radius 1 is 1.41 bits per heavy atom. The molecule has 1 atom stereocenters. The largest absolute Gasteiger partial charge is 0.358 e. The molecule has 1 heterocycles. The van der Waals surface area contributed by atoms with Crippen LogP contribution in [-0.2, 0) is 14.4 Å². The zero-order chi connectivity index (χ0) is 12.8. The number of carbonyl (C=O) groups is 3. The molecule has 1 rings (SSSR count). The number of likely N-dealkylation sites (tertiary alicyclic amines) is 1. The van der Waals surface area contributed by atoms with Gasteiger partial charge in [-0.25, -0.2) is 0 Å². The molecule has 4 N–H and O–H groups in total. The minimum Gasteiger partial charge on any atom is -0.358 e. The maximum Gasteiger partial charge on any atom is 0.243 e. The number of hydrogen-bond donors (Lipinski definition) is 3. The van der Waals surface area contributed by atoms with E-state index < -0.39 is 6.04 Å². The second-order valence-corrected chi connectivity index (χ2v) is 3.84. The lowest BCUT2D eigenvalue weighted by atomic mass is 10.2. The third-order valence-corrected chi connectivity index (χ3v) is 2.75. The van der Waals surface area contributed by atoms with Crippen molar-refractivity contribution in [1.82, 2.24) is 15.5 Å². The van der Waals surface area contributed by atoms with Crippen LogP contribution in [0.15, 0.2) is 0 Å². The van der Waals surface area contributed by atoms with Gasteiger partial charge in [-0.05, 0) is 12.8 Å². The third-order valence-electron chi connectivity index (χ3n) is 2.75. The Kier molecular flexibility index (Phi) is 4.89. The van der Waals surface area contributed by atoms with Crippen LogP contribution in [0.25, 0.3) is 0 Å². The molecule has 0 radical (unpaired) electrons. The smallest absolute Gasteiger partial charge is 0.243 e. The van der Waals surface area contributed by atoms with Crippen LogP contribution in [0.1, 0.15) is 12.8 Å². The van der Waals surface area contributed by atoms with Gasteiger partial charge in [0.25, 0.3) is 0 Å². The van der Waals surface area contributed by atoms with Crippen molar-refractivity contribution in [2.75, 3.05) is 26.7 Å². The van der Waals surface area contributed by atoms with E-state index >= 15 is 0 Å². The Morgan fingerprint density at radius 3 is 2.71 bits per heavy atom. The molecule has 1 saturated heterocycles. The lowest BCUT2D eigenvalue weighted by molar-refractivity contribution is -0.137. The van der Waals surface area contributed by atoms with E-state index in [1.807, 2.05) is 0 Å². The van der Waals surface area contributed by atoms with Crippen LogP contribution in [0.5, 0.6) is 0 Å². The summed E-state index contributed by atoms with van der Waals surface area (Å²) in [5.74, 6) is -0.802. The van der Waals surface area contributed by atoms with Crippen LogP contribution >= 0.6 is 0 Å². The predicted molar refractivity (Wildman–Crippen MR) is 60.9 cm³/mol. The lowest BCUT2D eigenvalue weighted by Crippen LogP contribution is -2.49. The molecule has 3 amide bonds. The molecule has 0 saturated carbocycles. The van der Waals surface area contributed by atoms with E-state index in [1.165, 1.54) is 11.9 Å². The van der Waals surface area contributed by atoms with Crippen molar-refractivity contribution >= 4 is 17.7 Å². The van der Waals surface area contributed by atoms with Gasteiger partial charge in [0.1, 0.15) is 6.04 Å². The molecule has 1 aliphatic rings. The molecule has 0 aliphatic carbocycles. The predicted octanol–water partition coefficient (Wildman–Crippen LogP) is -2.20. The first-order valence-electron chi connectivity index (χ1n) is 5.58. The van der Waals surface area contributed by atoms with Crippen LogP contribution in [-0.4, -0.2) is 55.3 Å². The Balaban J connectivity index is 2.50. The molecule has 0 bridgehead atoms. The highest BCUT2D eigenvalue weighted by Crippen LogP contribution is 2.16. The van der Waals surface area contributed by atoms with Gasteiger partial charge >= 0.3 is 0 Å². The van der Waals surface area contributed by atoms with Gasteiger partial charge in [-0.3, -0.25) is 14.4 Å². The van der Waals surface area contributed by atoms with Gasteiger partial charge in [-0.2, -0.15) is 0 Å². The number of nitrogens with zero attached hydrogens (tertiary/aromatic N) is 1. The standard InChI is InChI=1S/C10H18N4O3/c1-12-8(15)6-13-10(17)7-3-2-4-14(7)9(16)5-11/h7H,2-6,11H2,1H3,(H,12,15)(H,13,17). The molecule has 0 aromatic carbocycles. The number of nitrogens with two attached hydrogens (primary N) is 1. The van der Waals surface area contributed by atoms with E-state index in [-0.39, 0.29) is 30.8 Å². The Morgan fingerprint density at radius 2 is 2.12 bits per heavy atom. The van der Waals surface area contributed by atoms with Crippen molar-refractivity contribution in [3.05, 3.63) is 0 Å². The van der Waals surface area contributed by atoms with E-state index in [1.54, 1.807) is 0 Å². The fourth-order valence-corrected chi connectivity index (χ4v) is 1.83. The van der Waals surface area contributed by atoms with E-state index in [0.717, 1.165) is 6.42 Å². The topological polar surface area (TPSA) is 105 Å². The van der Waals surface area contributed by atoms with Gasteiger partial charge in [-0.1, -0.05) is 0 Å². The van der Waals surface area contributed by atoms with Gasteiger partial charge in [0.2, 0.25) is 17.7 Å². The van der Waals surface area contributed by atoms with Crippen LogP contribution in [0.2, 0.25) is 0 Å². The maximum absolute atomic E-state index is 11.8. The van der Waals surface area contributed by atoms with Gasteiger partial charge in [0.05, 0.1) is 13.1 Å². The highest BCUT2D eigenvalue weighted by Gasteiger charge is 2.33. The Labute approximate surface area is 99.7 Å². The van der Waals surface area contributed by atoms with E-state index in [4.69, 9.17) is 5.73 Å². The molecular weight excluding hydrogens is 224 g/mol. The fraction of sp³-hybridized carbons (Fsp3) is 0.700. The summed E-state index contributed by atoms with van der Waals surface area (Å²) in [5, 5.41) is 4.90. The number of hydrogen-bond acceptors (Lipinski definition) is 4. The Bertz CT molecular complexity index is 319. The molecule has 0 aromatic rings. The quantitative estimate of drug-likeness (QED) is 0.520. The van der Waals surface area contributed by atoms with E-state index in [2.05, 4.69) is 10.6 Å². The number of rotatable bonds is 4. The molecule has 1 fully saturated rings. The van der Waals surface area contributed by atoms with Crippen molar-refractivity contribution in [3.63, 3.8) is 0 Å². The van der Waals surface area contributed by atoms with Crippen LogP contribution in [0.4, 0.5) is 0 Å². The summed E-state index contributed by atoms with van der Waals surface area (Å²) >= 11 is 0. The van der Waals surface area contributed by atoms with Crippen LogP contribution < -0.4 is 16.4 Å². The molecule has 0 aromatic heterocycles. The Hall–Kier alpha value is -1.63. The third kappa shape index (κ3) is 3.42. The summed E-state index contributed by atoms with van der Waals surface area (Å²) < 4.78 is 0. The van der Waals surface area contributed by atoms with Gasteiger partial charge < -0.3 is 21.3 Å². The molecule has 0 spiro atoms. The van der Waals surface area contributed by atoms with Crippen LogP contribution in [0, 0.1) is 0 Å². The molecule has 7 heteroatoms. The molecule has 7 nitrogen and oxygen atoms in total. The SMILES string of the molecule is CNC(=O)CNC(=O)C1CCCN1C(=O)CN. The van der Waals surface area contributed by atoms with Crippen molar-refractivity contribution < 1.29 is 14.4 Å². The molecule has 1 aliphatic heterocycles. The summed E-state index contributed by atoms with van der Waals surface area (Å²) in [7, 11) is 1.49. The normalized spacial score (nSPS) is 18.9. The first-order valence-corrected chi connectivity index (χ1v) is 5.58. The fourth-order valence-electron chi connectivity index (χ4n) is 1.83. The second kappa shape index (κ2) is 6.19. The molecule has 1 unspecified atom stereocenters. The number of carbonyl (C=O) groups excluding carboxylic acids is 3. The van der Waals surface area contributed by atoms with Crippen molar-refractivity contribution in [1.29, 1.82) is 0 Å². The van der Waals surface area contributed by atoms with Crippen molar-refractivity contribution in [2.45, 2.75) is 18.9 Å². The summed E-state index contributed by atoms with van der Waals surface area (Å²) in [6, 6.07) is -0.490. The highest BCUT2D eigenvalue weighted by molar-refractivity contribution is 5.91. The van der Waals surface area contributed by atoms with Crippen molar-refractivity contribution in [2.24, 2.45) is 5.73 Å². The minimum atomic E-state index is -0.490. The van der Waals surface area contributed by atoms with Crippen LogP contribution in [0.3, 0.4) is 0 Å². The number of amides is 3. The zero-order valence-corrected chi connectivity index (χ0v) is 9.86. The lowest BCUT2D eigenvalue weighted by Gasteiger charge is -2.23. The zero-order valence-electron chi connectivity index (χ0n) is 9.86. The van der Waals surface area contributed by atoms with Gasteiger partial charge in [-0.15, -0.1) is 0 Å². The number of nitrogens with one attached hydrogen (secondary N) is 2. The van der Waals surface area contributed by atoms with E-state index in [0.29, 0.717) is 13.0 Å². The number of likely N-dealkylation sites (N-methyl/N-ethyl adjacent to an activating group) is 1. The first kappa shape index (κ1) is 13.4. The van der Waals surface area contributed by atoms with Gasteiger partial charge in [0.15, 0.2) is 0 Å². The molecular formula is C10H18N4O3. The maximum atomic E-state index is 11.8. The average molecular weight is 242 g/mol. The van der Waals surface area contributed by atoms with Gasteiger partial charge in [0, 0.05) is 13.6 Å². The summed E-state index contributed by atoms with van der Waals surface area (Å²) in [6.45, 7) is 0.379. The first-order chi connectivity index (χ1) is 8.10. The minimum absolute atomic E-state index is 0.0729.